The summed E-state index contributed by atoms with van der Waals surface area (Å²) in [6.07, 6.45) is 1.14. The Hall–Kier alpha value is -1.84. The zero-order valence-electron chi connectivity index (χ0n) is 13.9. The van der Waals surface area contributed by atoms with E-state index in [0.717, 1.165) is 30.6 Å². The van der Waals surface area contributed by atoms with E-state index < -0.39 is 5.97 Å². The van der Waals surface area contributed by atoms with Crippen LogP contribution in [0.2, 0.25) is 0 Å². The summed E-state index contributed by atoms with van der Waals surface area (Å²) < 4.78 is 5.19. The van der Waals surface area contributed by atoms with Crippen molar-refractivity contribution in [2.24, 2.45) is 11.8 Å². The Kier molecular flexibility index (Phi) is 5.22. The first-order valence-electron chi connectivity index (χ1n) is 7.88. The summed E-state index contributed by atoms with van der Waals surface area (Å²) in [6.45, 7) is 9.51. The van der Waals surface area contributed by atoms with Crippen molar-refractivity contribution in [3.05, 3.63) is 34.9 Å². The molecular formula is C18H25NO3. The van der Waals surface area contributed by atoms with Crippen LogP contribution in [0.3, 0.4) is 0 Å². The number of ether oxygens (including phenoxy) is 1. The summed E-state index contributed by atoms with van der Waals surface area (Å²) in [5, 5.41) is 0. The maximum atomic E-state index is 12.2. The second-order valence-electron chi connectivity index (χ2n) is 6.70. The highest BCUT2D eigenvalue weighted by molar-refractivity contribution is 5.91. The number of piperidine rings is 1. The average Bonchev–Trinajstić information content (AvgIpc) is 2.42. The minimum atomic E-state index is -0.432. The summed E-state index contributed by atoms with van der Waals surface area (Å²) in [6, 6.07) is 5.56. The minimum absolute atomic E-state index is 0.101. The highest BCUT2D eigenvalue weighted by Crippen LogP contribution is 2.21. The lowest BCUT2D eigenvalue weighted by atomic mass is 9.92. The van der Waals surface area contributed by atoms with E-state index in [9.17, 15) is 9.59 Å². The van der Waals surface area contributed by atoms with Gasteiger partial charge in [-0.15, -0.1) is 0 Å². The molecule has 0 radical (unpaired) electrons. The molecule has 0 spiro atoms. The van der Waals surface area contributed by atoms with Crippen LogP contribution in [-0.4, -0.2) is 36.5 Å². The molecule has 0 saturated carbocycles. The molecule has 1 aromatic rings. The molecule has 120 valence electrons. The van der Waals surface area contributed by atoms with Gasteiger partial charge in [-0.3, -0.25) is 4.79 Å². The number of esters is 1. The number of carbonyl (C=O) groups excluding carboxylic acids is 2. The van der Waals surface area contributed by atoms with Gasteiger partial charge in [0.2, 0.25) is 0 Å². The molecule has 0 aliphatic carbocycles. The molecule has 4 nitrogen and oxygen atoms in total. The maximum absolute atomic E-state index is 12.2. The molecule has 0 bridgehead atoms. The summed E-state index contributed by atoms with van der Waals surface area (Å²) in [5.41, 5.74) is 2.53. The van der Waals surface area contributed by atoms with Crippen molar-refractivity contribution in [2.75, 3.05) is 19.7 Å². The number of carbonyl (C=O) groups is 2. The fourth-order valence-electron chi connectivity index (χ4n) is 3.26. The topological polar surface area (TPSA) is 46.6 Å². The molecule has 1 heterocycles. The van der Waals surface area contributed by atoms with E-state index >= 15 is 0 Å². The van der Waals surface area contributed by atoms with Crippen LogP contribution in [0.4, 0.5) is 0 Å². The van der Waals surface area contributed by atoms with Crippen LogP contribution in [0.5, 0.6) is 0 Å². The lowest BCUT2D eigenvalue weighted by molar-refractivity contribution is -0.137. The molecule has 1 aromatic carbocycles. The number of benzene rings is 1. The molecule has 0 aromatic heterocycles. The van der Waals surface area contributed by atoms with E-state index in [1.54, 1.807) is 12.1 Å². The van der Waals surface area contributed by atoms with Crippen molar-refractivity contribution in [1.29, 1.82) is 0 Å². The van der Waals surface area contributed by atoms with Gasteiger partial charge in [-0.25, -0.2) is 4.79 Å². The van der Waals surface area contributed by atoms with Crippen molar-refractivity contribution in [2.45, 2.75) is 34.1 Å². The number of amides is 1. The monoisotopic (exact) mass is 303 g/mol. The van der Waals surface area contributed by atoms with Crippen molar-refractivity contribution in [3.63, 3.8) is 0 Å². The standard InChI is InChI=1S/C18H25NO3/c1-12-5-13(2)8-16(7-12)18(21)22-11-17(20)19-9-14(3)6-15(4)10-19/h5,7-8,14-15H,6,9-11H2,1-4H3/t14-,15-/m0/s1. The van der Waals surface area contributed by atoms with E-state index in [-0.39, 0.29) is 12.5 Å². The molecule has 1 aliphatic rings. The lowest BCUT2D eigenvalue weighted by Crippen LogP contribution is -2.44. The number of hydrogen-bond acceptors (Lipinski definition) is 3. The van der Waals surface area contributed by atoms with Crippen LogP contribution >= 0.6 is 0 Å². The molecule has 22 heavy (non-hydrogen) atoms. The van der Waals surface area contributed by atoms with E-state index in [1.165, 1.54) is 0 Å². The van der Waals surface area contributed by atoms with Gasteiger partial charge in [-0.1, -0.05) is 31.0 Å². The third-order valence-electron chi connectivity index (χ3n) is 4.01. The molecule has 0 unspecified atom stereocenters. The Bertz CT molecular complexity index is 537. The Morgan fingerprint density at radius 2 is 1.64 bits per heavy atom. The first-order chi connectivity index (χ1) is 10.3. The number of likely N-dealkylation sites (tertiary alicyclic amines) is 1. The summed E-state index contributed by atoms with van der Waals surface area (Å²) in [4.78, 5) is 26.1. The second-order valence-corrected chi connectivity index (χ2v) is 6.70. The molecule has 1 saturated heterocycles. The number of nitrogens with zero attached hydrogens (tertiary/aromatic N) is 1. The Labute approximate surface area is 132 Å². The molecule has 1 amide bonds. The van der Waals surface area contributed by atoms with Crippen molar-refractivity contribution >= 4 is 11.9 Å². The van der Waals surface area contributed by atoms with E-state index in [0.29, 0.717) is 17.4 Å². The normalized spacial score (nSPS) is 21.5. The molecule has 2 rings (SSSR count). The molecule has 4 heteroatoms. The van der Waals surface area contributed by atoms with Crippen LogP contribution < -0.4 is 0 Å². The third kappa shape index (κ3) is 4.33. The highest BCUT2D eigenvalue weighted by atomic mass is 16.5. The summed E-state index contributed by atoms with van der Waals surface area (Å²) >= 11 is 0. The van der Waals surface area contributed by atoms with Gasteiger partial charge in [0.1, 0.15) is 0 Å². The third-order valence-corrected chi connectivity index (χ3v) is 4.01. The Morgan fingerprint density at radius 1 is 1.09 bits per heavy atom. The second kappa shape index (κ2) is 6.95. The largest absolute Gasteiger partial charge is 0.452 e. The van der Waals surface area contributed by atoms with Gasteiger partial charge in [0.25, 0.3) is 5.91 Å². The van der Waals surface area contributed by atoms with Crippen LogP contribution in [0, 0.1) is 25.7 Å². The number of aryl methyl sites for hydroxylation is 2. The SMILES string of the molecule is Cc1cc(C)cc(C(=O)OCC(=O)N2C[C@@H](C)C[C@H](C)C2)c1. The van der Waals surface area contributed by atoms with Gasteiger partial charge in [0, 0.05) is 13.1 Å². The first-order valence-corrected chi connectivity index (χ1v) is 7.88. The van der Waals surface area contributed by atoms with Gasteiger partial charge in [0.15, 0.2) is 6.61 Å². The van der Waals surface area contributed by atoms with Gasteiger partial charge < -0.3 is 9.64 Å². The van der Waals surface area contributed by atoms with E-state index in [2.05, 4.69) is 13.8 Å². The van der Waals surface area contributed by atoms with Crippen molar-refractivity contribution < 1.29 is 14.3 Å². The Balaban J connectivity index is 1.91. The minimum Gasteiger partial charge on any atom is -0.452 e. The molecular weight excluding hydrogens is 278 g/mol. The predicted octanol–water partition coefficient (Wildman–Crippen LogP) is 2.96. The van der Waals surface area contributed by atoms with Crippen LogP contribution in [-0.2, 0) is 9.53 Å². The zero-order valence-corrected chi connectivity index (χ0v) is 13.9. The van der Waals surface area contributed by atoms with Crippen molar-refractivity contribution in [3.8, 4) is 0 Å². The fraction of sp³-hybridized carbons (Fsp3) is 0.556. The highest BCUT2D eigenvalue weighted by Gasteiger charge is 2.26. The van der Waals surface area contributed by atoms with Gasteiger partial charge in [-0.05, 0) is 44.2 Å². The molecule has 1 aliphatic heterocycles. The first kappa shape index (κ1) is 16.5. The van der Waals surface area contributed by atoms with Crippen LogP contribution in [0.1, 0.15) is 41.8 Å². The Morgan fingerprint density at radius 3 is 2.18 bits per heavy atom. The average molecular weight is 303 g/mol. The number of rotatable bonds is 3. The maximum Gasteiger partial charge on any atom is 0.338 e. The lowest BCUT2D eigenvalue weighted by Gasteiger charge is -2.34. The van der Waals surface area contributed by atoms with Gasteiger partial charge >= 0.3 is 5.97 Å². The van der Waals surface area contributed by atoms with Crippen molar-refractivity contribution in [1.82, 2.24) is 4.90 Å². The zero-order chi connectivity index (χ0) is 16.3. The molecule has 0 N–H and O–H groups in total. The number of hydrogen-bond donors (Lipinski definition) is 0. The van der Waals surface area contributed by atoms with Gasteiger partial charge in [-0.2, -0.15) is 0 Å². The summed E-state index contributed by atoms with van der Waals surface area (Å²) in [7, 11) is 0. The van der Waals surface area contributed by atoms with Crippen LogP contribution in [0.25, 0.3) is 0 Å². The van der Waals surface area contributed by atoms with Crippen LogP contribution in [0.15, 0.2) is 18.2 Å². The van der Waals surface area contributed by atoms with E-state index in [1.807, 2.05) is 24.8 Å². The quantitative estimate of drug-likeness (QED) is 0.807. The van der Waals surface area contributed by atoms with E-state index in [4.69, 9.17) is 4.74 Å². The molecule has 1 fully saturated rings. The predicted molar refractivity (Wildman–Crippen MR) is 85.7 cm³/mol. The van der Waals surface area contributed by atoms with Gasteiger partial charge in [0.05, 0.1) is 5.56 Å². The molecule has 2 atom stereocenters. The summed E-state index contributed by atoms with van der Waals surface area (Å²) in [5.74, 6) is 0.472. The fourth-order valence-corrected chi connectivity index (χ4v) is 3.26. The smallest absolute Gasteiger partial charge is 0.338 e.